The first-order valence-electron chi connectivity index (χ1n) is 4.33. The van der Waals surface area contributed by atoms with Crippen molar-refractivity contribution < 1.29 is 13.0 Å². The van der Waals surface area contributed by atoms with Crippen LogP contribution in [0.25, 0.3) is 0 Å². The Labute approximate surface area is 94.4 Å². The van der Waals surface area contributed by atoms with Gasteiger partial charge < -0.3 is 0 Å². The molecule has 1 rings (SSSR count). The molecule has 0 bridgehead atoms. The van der Waals surface area contributed by atoms with Gasteiger partial charge >= 0.3 is 10.3 Å². The normalized spacial score (nSPS) is 11.3. The van der Waals surface area contributed by atoms with Gasteiger partial charge in [0, 0.05) is 12.4 Å². The van der Waals surface area contributed by atoms with E-state index in [4.69, 9.17) is 16.2 Å². The van der Waals surface area contributed by atoms with Gasteiger partial charge in [0.15, 0.2) is 0 Å². The third-order valence-corrected chi connectivity index (χ3v) is 2.97. The Hall–Kier alpha value is -0.780. The SMILES string of the molecule is O=S(=O)(O)N(CCCCl)c1c[c]ccc1. The zero-order valence-corrected chi connectivity index (χ0v) is 9.50. The van der Waals surface area contributed by atoms with Gasteiger partial charge in [-0.25, -0.2) is 4.31 Å². The Kier molecular flexibility index (Phi) is 4.38. The summed E-state index contributed by atoms with van der Waals surface area (Å²) in [6, 6.07) is 9.10. The first-order chi connectivity index (χ1) is 7.05. The van der Waals surface area contributed by atoms with Crippen molar-refractivity contribution in [2.75, 3.05) is 16.7 Å². The van der Waals surface area contributed by atoms with Crippen LogP contribution in [0.1, 0.15) is 6.42 Å². The molecule has 0 spiro atoms. The van der Waals surface area contributed by atoms with Gasteiger partial charge in [-0.3, -0.25) is 4.55 Å². The Morgan fingerprint density at radius 2 is 2.27 bits per heavy atom. The fraction of sp³-hybridized carbons (Fsp3) is 0.333. The number of alkyl halides is 1. The monoisotopic (exact) mass is 248 g/mol. The van der Waals surface area contributed by atoms with Crippen molar-refractivity contribution in [2.45, 2.75) is 6.42 Å². The van der Waals surface area contributed by atoms with Crippen LogP contribution in [0.2, 0.25) is 0 Å². The molecule has 0 unspecified atom stereocenters. The Morgan fingerprint density at radius 1 is 1.53 bits per heavy atom. The van der Waals surface area contributed by atoms with Crippen LogP contribution in [0, 0.1) is 6.07 Å². The first-order valence-corrected chi connectivity index (χ1v) is 6.26. The molecular formula is C9H11ClNO3S. The van der Waals surface area contributed by atoms with Gasteiger partial charge in [-0.1, -0.05) is 12.1 Å². The highest BCUT2D eigenvalue weighted by molar-refractivity contribution is 7.87. The molecule has 0 aliphatic heterocycles. The van der Waals surface area contributed by atoms with E-state index in [1.165, 1.54) is 6.07 Å². The Balaban J connectivity index is 2.92. The van der Waals surface area contributed by atoms with Crippen LogP contribution in [-0.4, -0.2) is 25.4 Å². The molecule has 0 aliphatic rings. The Bertz CT molecular complexity index is 393. The molecule has 0 aromatic heterocycles. The highest BCUT2D eigenvalue weighted by Crippen LogP contribution is 2.16. The lowest BCUT2D eigenvalue weighted by atomic mass is 10.3. The second-order valence-electron chi connectivity index (χ2n) is 2.85. The molecule has 83 valence electrons. The van der Waals surface area contributed by atoms with Crippen LogP contribution >= 0.6 is 11.6 Å². The topological polar surface area (TPSA) is 57.6 Å². The summed E-state index contributed by atoms with van der Waals surface area (Å²) >= 11 is 5.47. The molecule has 1 N–H and O–H groups in total. The summed E-state index contributed by atoms with van der Waals surface area (Å²) in [5.74, 6) is 0.336. The second-order valence-corrected chi connectivity index (χ2v) is 4.57. The average molecular weight is 249 g/mol. The van der Waals surface area contributed by atoms with Crippen molar-refractivity contribution in [1.82, 2.24) is 0 Å². The van der Waals surface area contributed by atoms with Crippen molar-refractivity contribution >= 4 is 27.6 Å². The standard InChI is InChI=1S/C9H11ClNO3S/c10-7-4-8-11(15(12,13)14)9-5-2-1-3-6-9/h1-2,5-6H,4,7-8H2,(H,12,13,14). The third kappa shape index (κ3) is 3.70. The zero-order valence-electron chi connectivity index (χ0n) is 7.93. The first kappa shape index (κ1) is 12.3. The number of anilines is 1. The van der Waals surface area contributed by atoms with Crippen LogP contribution in [0.5, 0.6) is 0 Å². The predicted molar refractivity (Wildman–Crippen MR) is 59.5 cm³/mol. The van der Waals surface area contributed by atoms with E-state index < -0.39 is 10.3 Å². The molecule has 0 amide bonds. The average Bonchev–Trinajstić information content (AvgIpc) is 2.18. The van der Waals surface area contributed by atoms with Crippen LogP contribution in [0.4, 0.5) is 5.69 Å². The van der Waals surface area contributed by atoms with E-state index in [2.05, 4.69) is 6.07 Å². The summed E-state index contributed by atoms with van der Waals surface area (Å²) < 4.78 is 32.0. The van der Waals surface area contributed by atoms with E-state index in [0.717, 1.165) is 4.31 Å². The van der Waals surface area contributed by atoms with Gasteiger partial charge in [0.2, 0.25) is 0 Å². The summed E-state index contributed by atoms with van der Waals surface area (Å²) in [4.78, 5) is 0. The maximum atomic E-state index is 11.1. The molecule has 4 nitrogen and oxygen atoms in total. The largest absolute Gasteiger partial charge is 0.359 e. The molecule has 0 heterocycles. The molecule has 0 fully saturated rings. The van der Waals surface area contributed by atoms with Crippen molar-refractivity contribution in [3.05, 3.63) is 30.3 Å². The second kappa shape index (κ2) is 5.34. The molecular weight excluding hydrogens is 238 g/mol. The quantitative estimate of drug-likeness (QED) is 0.638. The molecule has 1 aromatic rings. The molecule has 0 saturated carbocycles. The number of rotatable bonds is 5. The van der Waals surface area contributed by atoms with E-state index in [0.29, 0.717) is 18.0 Å². The number of benzene rings is 1. The van der Waals surface area contributed by atoms with Gasteiger partial charge in [0.1, 0.15) is 0 Å². The third-order valence-electron chi connectivity index (χ3n) is 1.75. The van der Waals surface area contributed by atoms with E-state index >= 15 is 0 Å². The van der Waals surface area contributed by atoms with E-state index in [1.54, 1.807) is 18.2 Å². The van der Waals surface area contributed by atoms with Gasteiger partial charge in [-0.05, 0) is 24.6 Å². The van der Waals surface area contributed by atoms with Crippen molar-refractivity contribution in [2.24, 2.45) is 0 Å². The Morgan fingerprint density at radius 3 is 2.73 bits per heavy atom. The maximum Gasteiger partial charge on any atom is 0.359 e. The lowest BCUT2D eigenvalue weighted by molar-refractivity contribution is 0.477. The van der Waals surface area contributed by atoms with Crippen LogP contribution < -0.4 is 4.31 Å². The molecule has 15 heavy (non-hydrogen) atoms. The minimum Gasteiger partial charge on any atom is -0.269 e. The highest BCUT2D eigenvalue weighted by atomic mass is 35.5. The fourth-order valence-corrected chi connectivity index (χ4v) is 1.98. The highest BCUT2D eigenvalue weighted by Gasteiger charge is 2.18. The number of hydrogen-bond donors (Lipinski definition) is 1. The molecule has 0 atom stereocenters. The maximum absolute atomic E-state index is 11.1. The number of hydrogen-bond acceptors (Lipinski definition) is 2. The number of halogens is 1. The van der Waals surface area contributed by atoms with Crippen LogP contribution in [0.15, 0.2) is 24.3 Å². The molecule has 1 radical (unpaired) electrons. The summed E-state index contributed by atoms with van der Waals surface area (Å²) in [6.45, 7) is 0.153. The number of nitrogens with zero attached hydrogens (tertiary/aromatic N) is 1. The van der Waals surface area contributed by atoms with Crippen molar-refractivity contribution in [3.63, 3.8) is 0 Å². The molecule has 6 heteroatoms. The smallest absolute Gasteiger partial charge is 0.269 e. The van der Waals surface area contributed by atoms with E-state index in [1.807, 2.05) is 0 Å². The fourth-order valence-electron chi connectivity index (χ4n) is 1.12. The summed E-state index contributed by atoms with van der Waals surface area (Å²) in [6.07, 6.45) is 0.468. The molecule has 0 saturated heterocycles. The summed E-state index contributed by atoms with van der Waals surface area (Å²) in [5.41, 5.74) is 0.380. The molecule has 1 aromatic carbocycles. The molecule has 0 aliphatic carbocycles. The summed E-state index contributed by atoms with van der Waals surface area (Å²) in [5, 5.41) is 0. The van der Waals surface area contributed by atoms with Gasteiger partial charge in [0.05, 0.1) is 5.69 Å². The van der Waals surface area contributed by atoms with Crippen molar-refractivity contribution in [1.29, 1.82) is 0 Å². The minimum absolute atomic E-state index is 0.153. The lowest BCUT2D eigenvalue weighted by Gasteiger charge is -2.19. The van der Waals surface area contributed by atoms with Gasteiger partial charge in [-0.15, -0.1) is 11.6 Å². The van der Waals surface area contributed by atoms with Crippen LogP contribution in [0.3, 0.4) is 0 Å². The predicted octanol–water partition coefficient (Wildman–Crippen LogP) is 1.72. The lowest BCUT2D eigenvalue weighted by Crippen LogP contribution is -2.31. The van der Waals surface area contributed by atoms with Crippen LogP contribution in [-0.2, 0) is 10.3 Å². The van der Waals surface area contributed by atoms with Gasteiger partial charge in [0.25, 0.3) is 0 Å². The minimum atomic E-state index is -4.24. The van der Waals surface area contributed by atoms with E-state index in [-0.39, 0.29) is 6.54 Å². The summed E-state index contributed by atoms with van der Waals surface area (Å²) in [7, 11) is -4.24. The van der Waals surface area contributed by atoms with E-state index in [9.17, 15) is 8.42 Å². The van der Waals surface area contributed by atoms with Crippen molar-refractivity contribution in [3.8, 4) is 0 Å². The zero-order chi connectivity index (χ0) is 11.3. The van der Waals surface area contributed by atoms with Gasteiger partial charge in [-0.2, -0.15) is 8.42 Å².